The van der Waals surface area contributed by atoms with Gasteiger partial charge in [0.1, 0.15) is 0 Å². The van der Waals surface area contributed by atoms with Gasteiger partial charge in [-0.1, -0.05) is 5.16 Å². The van der Waals surface area contributed by atoms with Gasteiger partial charge in [0.05, 0.1) is 37.6 Å². The normalized spacial score (nSPS) is 29.2. The third-order valence-electron chi connectivity index (χ3n) is 3.94. The summed E-state index contributed by atoms with van der Waals surface area (Å²) in [5.41, 5.74) is -1.15. The van der Waals surface area contributed by atoms with Crippen LogP contribution in [0.25, 0.3) is 0 Å². The minimum absolute atomic E-state index is 0.117. The molecule has 1 saturated heterocycles. The van der Waals surface area contributed by atoms with Crippen molar-refractivity contribution < 1.29 is 29.0 Å². The van der Waals surface area contributed by atoms with Crippen molar-refractivity contribution in [3.05, 3.63) is 0 Å². The van der Waals surface area contributed by atoms with Crippen molar-refractivity contribution in [2.24, 2.45) is 16.5 Å². The lowest BCUT2D eigenvalue weighted by Crippen LogP contribution is -2.48. The van der Waals surface area contributed by atoms with Gasteiger partial charge in [-0.05, 0) is 26.7 Å². The molecule has 0 aromatic carbocycles. The summed E-state index contributed by atoms with van der Waals surface area (Å²) >= 11 is 0. The Morgan fingerprint density at radius 3 is 2.45 bits per heavy atom. The van der Waals surface area contributed by atoms with E-state index in [2.05, 4.69) is 5.16 Å². The predicted octanol–water partition coefficient (Wildman–Crippen LogP) is 0.738. The Kier molecular flexibility index (Phi) is 4.27. The molecular weight excluding hydrogens is 266 g/mol. The Morgan fingerprint density at radius 1 is 1.35 bits per heavy atom. The molecule has 0 spiro atoms. The second-order valence-corrected chi connectivity index (χ2v) is 4.87. The van der Waals surface area contributed by atoms with E-state index in [1.54, 1.807) is 13.8 Å². The molecule has 2 rings (SSSR count). The highest BCUT2D eigenvalue weighted by Gasteiger charge is 2.65. The van der Waals surface area contributed by atoms with Crippen molar-refractivity contribution in [1.82, 2.24) is 0 Å². The molecule has 0 bridgehead atoms. The van der Waals surface area contributed by atoms with Gasteiger partial charge in [-0.25, -0.2) is 0 Å². The van der Waals surface area contributed by atoms with Gasteiger partial charge in [0, 0.05) is 0 Å². The number of fused-ring (bicyclic) bond motifs is 1. The molecule has 7 heteroatoms. The van der Waals surface area contributed by atoms with Gasteiger partial charge >= 0.3 is 11.9 Å². The molecule has 1 aliphatic carbocycles. The van der Waals surface area contributed by atoms with Crippen LogP contribution >= 0.6 is 0 Å². The zero-order valence-electron chi connectivity index (χ0n) is 11.6. The number of carbonyl (C=O) groups is 2. The van der Waals surface area contributed by atoms with E-state index < -0.39 is 23.3 Å². The van der Waals surface area contributed by atoms with Gasteiger partial charge in [-0.3, -0.25) is 9.59 Å². The van der Waals surface area contributed by atoms with Gasteiger partial charge in [0.25, 0.3) is 0 Å². The minimum atomic E-state index is -1.45. The number of carbonyl (C=O) groups excluding carboxylic acids is 2. The van der Waals surface area contributed by atoms with E-state index >= 15 is 0 Å². The molecule has 0 amide bonds. The lowest BCUT2D eigenvalue weighted by molar-refractivity contribution is -0.174. The smallest absolute Gasteiger partial charge is 0.324 e. The molecule has 7 nitrogen and oxygen atoms in total. The Balaban J connectivity index is 2.41. The van der Waals surface area contributed by atoms with E-state index in [0.29, 0.717) is 12.1 Å². The maximum atomic E-state index is 12.4. The summed E-state index contributed by atoms with van der Waals surface area (Å²) in [6.07, 6.45) is 0.495. The number of esters is 2. The van der Waals surface area contributed by atoms with Crippen LogP contribution in [0, 0.1) is 11.3 Å². The fourth-order valence-corrected chi connectivity index (χ4v) is 3.12. The quantitative estimate of drug-likeness (QED) is 0.354. The molecule has 0 unspecified atom stereocenters. The van der Waals surface area contributed by atoms with Crippen LogP contribution in [0.1, 0.15) is 26.7 Å². The molecule has 2 atom stereocenters. The number of hydrogen-bond donors (Lipinski definition) is 1. The Bertz CT molecular complexity index is 415. The maximum absolute atomic E-state index is 12.4. The molecule has 1 saturated carbocycles. The van der Waals surface area contributed by atoms with Crippen LogP contribution in [0.15, 0.2) is 5.16 Å². The standard InChI is InChI=1S/C13H19NO6/c1-3-18-11(15)13(12(16)19-4-2)6-5-9-10(13)8(14-17)7-20-9/h9-10,17H,3-7H2,1-2H3/b14-8-/t9-,10-/m1/s1. The van der Waals surface area contributed by atoms with Crippen LogP contribution in [0.5, 0.6) is 0 Å². The van der Waals surface area contributed by atoms with E-state index in [1.807, 2.05) is 0 Å². The highest BCUT2D eigenvalue weighted by Crippen LogP contribution is 2.50. The SMILES string of the molecule is CCOC(=O)C1(C(=O)OCC)CC[C@H]2OC/C(=N/O)[C@H]21. The van der Waals surface area contributed by atoms with Crippen LogP contribution in [-0.4, -0.2) is 48.8 Å². The largest absolute Gasteiger partial charge is 0.465 e. The third-order valence-corrected chi connectivity index (χ3v) is 3.94. The molecule has 0 aromatic rings. The summed E-state index contributed by atoms with van der Waals surface area (Å²) in [5, 5.41) is 12.3. The fraction of sp³-hybridized carbons (Fsp3) is 0.769. The van der Waals surface area contributed by atoms with Crippen LogP contribution in [0.4, 0.5) is 0 Å². The number of rotatable bonds is 4. The first-order valence-corrected chi connectivity index (χ1v) is 6.78. The zero-order valence-corrected chi connectivity index (χ0v) is 11.6. The second kappa shape index (κ2) is 5.78. The highest BCUT2D eigenvalue weighted by molar-refractivity contribution is 6.07. The van der Waals surface area contributed by atoms with Crippen LogP contribution in [-0.2, 0) is 23.8 Å². The summed E-state index contributed by atoms with van der Waals surface area (Å²) in [4.78, 5) is 24.7. The molecule has 2 fully saturated rings. The number of hydrogen-bond acceptors (Lipinski definition) is 7. The lowest BCUT2D eigenvalue weighted by atomic mass is 9.75. The lowest BCUT2D eigenvalue weighted by Gasteiger charge is -2.29. The second-order valence-electron chi connectivity index (χ2n) is 4.87. The summed E-state index contributed by atoms with van der Waals surface area (Å²) in [6, 6.07) is 0. The van der Waals surface area contributed by atoms with Crippen molar-refractivity contribution in [1.29, 1.82) is 0 Å². The van der Waals surface area contributed by atoms with Crippen LogP contribution in [0.3, 0.4) is 0 Å². The number of ether oxygens (including phenoxy) is 3. The Hall–Kier alpha value is -1.63. The van der Waals surface area contributed by atoms with E-state index in [0.717, 1.165) is 0 Å². The van der Waals surface area contributed by atoms with Crippen molar-refractivity contribution in [3.63, 3.8) is 0 Å². The highest BCUT2D eigenvalue weighted by atomic mass is 16.6. The molecule has 2 aliphatic rings. The Labute approximate surface area is 116 Å². The van der Waals surface area contributed by atoms with E-state index in [4.69, 9.17) is 19.4 Å². The van der Waals surface area contributed by atoms with E-state index in [9.17, 15) is 9.59 Å². The molecule has 20 heavy (non-hydrogen) atoms. The predicted molar refractivity (Wildman–Crippen MR) is 67.4 cm³/mol. The van der Waals surface area contributed by atoms with Crippen molar-refractivity contribution in [3.8, 4) is 0 Å². The average Bonchev–Trinajstić information content (AvgIpc) is 2.99. The first kappa shape index (κ1) is 14.8. The van der Waals surface area contributed by atoms with Gasteiger partial charge < -0.3 is 19.4 Å². The van der Waals surface area contributed by atoms with E-state index in [1.165, 1.54) is 0 Å². The van der Waals surface area contributed by atoms with Crippen LogP contribution < -0.4 is 0 Å². The summed E-state index contributed by atoms with van der Waals surface area (Å²) in [6.45, 7) is 3.81. The summed E-state index contributed by atoms with van der Waals surface area (Å²) in [5.74, 6) is -1.86. The van der Waals surface area contributed by atoms with Crippen LogP contribution in [0.2, 0.25) is 0 Å². The van der Waals surface area contributed by atoms with Crippen molar-refractivity contribution in [2.75, 3.05) is 19.8 Å². The minimum Gasteiger partial charge on any atom is -0.465 e. The van der Waals surface area contributed by atoms with Gasteiger partial charge in [0.15, 0.2) is 5.41 Å². The molecule has 0 radical (unpaired) electrons. The van der Waals surface area contributed by atoms with Gasteiger partial charge in [-0.15, -0.1) is 0 Å². The first-order chi connectivity index (χ1) is 9.61. The van der Waals surface area contributed by atoms with Gasteiger partial charge in [0.2, 0.25) is 0 Å². The van der Waals surface area contributed by atoms with Crippen molar-refractivity contribution in [2.45, 2.75) is 32.8 Å². The molecule has 1 N–H and O–H groups in total. The summed E-state index contributed by atoms with van der Waals surface area (Å²) in [7, 11) is 0. The maximum Gasteiger partial charge on any atom is 0.324 e. The number of nitrogens with zero attached hydrogens (tertiary/aromatic N) is 1. The molecule has 112 valence electrons. The molecule has 0 aromatic heterocycles. The zero-order chi connectivity index (χ0) is 14.8. The number of oxime groups is 1. The molecule has 1 heterocycles. The van der Waals surface area contributed by atoms with Crippen molar-refractivity contribution >= 4 is 17.7 Å². The molecule has 1 aliphatic heterocycles. The topological polar surface area (TPSA) is 94.4 Å². The first-order valence-electron chi connectivity index (χ1n) is 6.78. The monoisotopic (exact) mass is 285 g/mol. The average molecular weight is 285 g/mol. The third kappa shape index (κ3) is 2.06. The summed E-state index contributed by atoms with van der Waals surface area (Å²) < 4.78 is 15.6. The van der Waals surface area contributed by atoms with Gasteiger partial charge in [-0.2, -0.15) is 0 Å². The van der Waals surface area contributed by atoms with E-state index in [-0.39, 0.29) is 32.3 Å². The Morgan fingerprint density at radius 2 is 1.95 bits per heavy atom. The fourth-order valence-electron chi connectivity index (χ4n) is 3.12. The molecular formula is C13H19NO6.